The minimum atomic E-state index is -1.54. The standard InChI is InChI=1S/C15H16OP/c1-17(13-12-16,14-8-4-2-5-9-14)15-10-6-3-7-11-15/h2-12H,13H2,1H3/q+1. The van der Waals surface area contributed by atoms with E-state index < -0.39 is 7.26 Å². The van der Waals surface area contributed by atoms with E-state index in [1.54, 1.807) is 0 Å². The third-order valence-electron chi connectivity index (χ3n) is 3.09. The molecule has 0 heterocycles. The summed E-state index contributed by atoms with van der Waals surface area (Å²) >= 11 is 0. The average Bonchev–Trinajstić information content (AvgIpc) is 2.41. The van der Waals surface area contributed by atoms with E-state index in [1.807, 2.05) is 36.4 Å². The third-order valence-corrected chi connectivity index (χ3v) is 6.85. The lowest BCUT2D eigenvalue weighted by Gasteiger charge is -2.20. The Morgan fingerprint density at radius 3 is 1.65 bits per heavy atom. The number of aldehydes is 1. The molecule has 0 atom stereocenters. The van der Waals surface area contributed by atoms with Crippen LogP contribution in [0.15, 0.2) is 60.7 Å². The molecule has 0 N–H and O–H groups in total. The van der Waals surface area contributed by atoms with Gasteiger partial charge in [0.1, 0.15) is 6.16 Å². The van der Waals surface area contributed by atoms with Gasteiger partial charge in [0.25, 0.3) is 0 Å². The SMILES string of the molecule is C[P+](CC=O)(c1ccccc1)c1ccccc1. The second-order valence-corrected chi connectivity index (χ2v) is 7.99. The lowest BCUT2D eigenvalue weighted by molar-refractivity contribution is -0.105. The highest BCUT2D eigenvalue weighted by atomic mass is 31.2. The normalized spacial score (nSPS) is 11.1. The molecule has 0 unspecified atom stereocenters. The summed E-state index contributed by atoms with van der Waals surface area (Å²) in [5.41, 5.74) is 0. The first-order valence-electron chi connectivity index (χ1n) is 5.68. The van der Waals surface area contributed by atoms with E-state index in [0.717, 1.165) is 6.29 Å². The minimum absolute atomic E-state index is 0.612. The van der Waals surface area contributed by atoms with Crippen LogP contribution in [0.3, 0.4) is 0 Å². The fourth-order valence-corrected chi connectivity index (χ4v) is 4.70. The van der Waals surface area contributed by atoms with Crippen molar-refractivity contribution in [2.45, 2.75) is 0 Å². The predicted molar refractivity (Wildman–Crippen MR) is 75.9 cm³/mol. The molecule has 0 saturated carbocycles. The summed E-state index contributed by atoms with van der Waals surface area (Å²) in [5.74, 6) is 0. The Morgan fingerprint density at radius 1 is 0.882 bits per heavy atom. The molecule has 0 aromatic heterocycles. The zero-order valence-electron chi connectivity index (χ0n) is 9.91. The molecule has 2 heteroatoms. The number of benzene rings is 2. The van der Waals surface area contributed by atoms with Gasteiger partial charge in [0, 0.05) is 0 Å². The zero-order valence-corrected chi connectivity index (χ0v) is 10.8. The van der Waals surface area contributed by atoms with E-state index in [1.165, 1.54) is 10.6 Å². The summed E-state index contributed by atoms with van der Waals surface area (Å²) in [6.45, 7) is 2.23. The van der Waals surface area contributed by atoms with Crippen molar-refractivity contribution in [3.05, 3.63) is 60.7 Å². The first kappa shape index (κ1) is 12.0. The van der Waals surface area contributed by atoms with Crippen LogP contribution in [0, 0.1) is 0 Å². The number of hydrogen-bond acceptors (Lipinski definition) is 1. The van der Waals surface area contributed by atoms with Gasteiger partial charge in [0.15, 0.2) is 6.29 Å². The average molecular weight is 243 g/mol. The van der Waals surface area contributed by atoms with Crippen molar-refractivity contribution in [3.63, 3.8) is 0 Å². The molecule has 0 amide bonds. The van der Waals surface area contributed by atoms with Gasteiger partial charge in [-0.05, 0) is 24.3 Å². The first-order chi connectivity index (χ1) is 8.27. The summed E-state index contributed by atoms with van der Waals surface area (Å²) < 4.78 is 0. The Morgan fingerprint density at radius 2 is 1.29 bits per heavy atom. The zero-order chi connectivity index (χ0) is 12.1. The molecule has 0 aliphatic heterocycles. The van der Waals surface area contributed by atoms with Crippen molar-refractivity contribution in [3.8, 4) is 0 Å². The summed E-state index contributed by atoms with van der Waals surface area (Å²) in [6, 6.07) is 20.7. The first-order valence-corrected chi connectivity index (χ1v) is 8.10. The second kappa shape index (κ2) is 5.25. The van der Waals surface area contributed by atoms with E-state index in [4.69, 9.17) is 0 Å². The van der Waals surface area contributed by atoms with Crippen molar-refractivity contribution >= 4 is 24.2 Å². The molecule has 0 bridgehead atoms. The van der Waals surface area contributed by atoms with E-state index in [0.29, 0.717) is 6.16 Å². The van der Waals surface area contributed by atoms with Crippen LogP contribution in [0.1, 0.15) is 0 Å². The Labute approximate surface area is 103 Å². The van der Waals surface area contributed by atoms with Gasteiger partial charge in [0.2, 0.25) is 0 Å². The highest BCUT2D eigenvalue weighted by Gasteiger charge is 2.36. The van der Waals surface area contributed by atoms with E-state index >= 15 is 0 Å². The van der Waals surface area contributed by atoms with Crippen LogP contribution in [0.4, 0.5) is 0 Å². The monoisotopic (exact) mass is 243 g/mol. The van der Waals surface area contributed by atoms with Crippen LogP contribution >= 0.6 is 7.26 Å². The highest BCUT2D eigenvalue weighted by molar-refractivity contribution is 7.89. The minimum Gasteiger partial charge on any atom is -0.299 e. The topological polar surface area (TPSA) is 17.1 Å². The van der Waals surface area contributed by atoms with Gasteiger partial charge in [-0.3, -0.25) is 4.79 Å². The summed E-state index contributed by atoms with van der Waals surface area (Å²) in [6.07, 6.45) is 1.66. The van der Waals surface area contributed by atoms with Gasteiger partial charge in [-0.25, -0.2) is 0 Å². The van der Waals surface area contributed by atoms with Crippen molar-refractivity contribution < 1.29 is 4.79 Å². The molecule has 86 valence electrons. The summed E-state index contributed by atoms with van der Waals surface area (Å²) in [5, 5.41) is 2.58. The highest BCUT2D eigenvalue weighted by Crippen LogP contribution is 2.51. The van der Waals surface area contributed by atoms with Crippen LogP contribution in [-0.4, -0.2) is 19.1 Å². The molecule has 0 spiro atoms. The molecular formula is C15H16OP+. The van der Waals surface area contributed by atoms with Crippen molar-refractivity contribution in [1.29, 1.82) is 0 Å². The van der Waals surface area contributed by atoms with Gasteiger partial charge in [-0.15, -0.1) is 0 Å². The summed E-state index contributed by atoms with van der Waals surface area (Å²) in [4.78, 5) is 11.0. The van der Waals surface area contributed by atoms with Gasteiger partial charge in [0.05, 0.1) is 24.5 Å². The van der Waals surface area contributed by atoms with Crippen molar-refractivity contribution in [1.82, 2.24) is 0 Å². The predicted octanol–water partition coefficient (Wildman–Crippen LogP) is 2.48. The molecule has 1 nitrogen and oxygen atoms in total. The van der Waals surface area contributed by atoms with Crippen LogP contribution in [-0.2, 0) is 4.79 Å². The Hall–Kier alpha value is -1.46. The lowest BCUT2D eigenvalue weighted by atomic mass is 10.4. The van der Waals surface area contributed by atoms with Crippen molar-refractivity contribution in [2.75, 3.05) is 12.8 Å². The largest absolute Gasteiger partial charge is 0.299 e. The van der Waals surface area contributed by atoms with E-state index in [-0.39, 0.29) is 0 Å². The number of carbonyl (C=O) groups is 1. The van der Waals surface area contributed by atoms with Crippen LogP contribution in [0.25, 0.3) is 0 Å². The van der Waals surface area contributed by atoms with Gasteiger partial charge < -0.3 is 0 Å². The molecule has 2 aromatic rings. The summed E-state index contributed by atoms with van der Waals surface area (Å²) in [7, 11) is -1.54. The quantitative estimate of drug-likeness (QED) is 0.595. The third kappa shape index (κ3) is 2.45. The molecule has 0 aliphatic carbocycles. The maximum Gasteiger partial charge on any atom is 0.157 e. The maximum absolute atomic E-state index is 11.0. The van der Waals surface area contributed by atoms with Crippen LogP contribution < -0.4 is 10.6 Å². The lowest BCUT2D eigenvalue weighted by Crippen LogP contribution is -2.24. The molecule has 2 aromatic carbocycles. The maximum atomic E-state index is 11.0. The molecule has 0 saturated heterocycles. The fraction of sp³-hybridized carbons (Fsp3) is 0.133. The second-order valence-electron chi connectivity index (χ2n) is 4.21. The van der Waals surface area contributed by atoms with Crippen molar-refractivity contribution in [2.24, 2.45) is 0 Å². The van der Waals surface area contributed by atoms with Gasteiger partial charge >= 0.3 is 0 Å². The molecule has 0 radical (unpaired) electrons. The smallest absolute Gasteiger partial charge is 0.157 e. The number of rotatable bonds is 4. The molecular weight excluding hydrogens is 227 g/mol. The van der Waals surface area contributed by atoms with Crippen LogP contribution in [0.5, 0.6) is 0 Å². The van der Waals surface area contributed by atoms with E-state index in [2.05, 4.69) is 30.9 Å². The molecule has 0 aliphatic rings. The Balaban J connectivity index is 2.50. The van der Waals surface area contributed by atoms with Gasteiger partial charge in [-0.1, -0.05) is 36.4 Å². The molecule has 0 fully saturated rings. The van der Waals surface area contributed by atoms with E-state index in [9.17, 15) is 4.79 Å². The van der Waals surface area contributed by atoms with Gasteiger partial charge in [-0.2, -0.15) is 0 Å². The van der Waals surface area contributed by atoms with Crippen LogP contribution in [0.2, 0.25) is 0 Å². The number of hydrogen-bond donors (Lipinski definition) is 0. The fourth-order valence-electron chi connectivity index (χ4n) is 2.02. The molecule has 2 rings (SSSR count). The molecule has 17 heavy (non-hydrogen) atoms. The Kier molecular flexibility index (Phi) is 3.71. The number of carbonyl (C=O) groups excluding carboxylic acids is 1. The Bertz CT molecular complexity index is 439.